The number of ether oxygens (including phenoxy) is 1. The molecule has 1 fully saturated rings. The number of anilines is 1. The number of benzene rings is 2. The van der Waals surface area contributed by atoms with Gasteiger partial charge in [-0.2, -0.15) is 0 Å². The van der Waals surface area contributed by atoms with Gasteiger partial charge in [0.15, 0.2) is 21.4 Å². The number of phenolic OH excluding ortho intramolecular Hbond substituents is 1. The third-order valence-corrected chi connectivity index (χ3v) is 6.65. The Morgan fingerprint density at radius 3 is 2.49 bits per heavy atom. The van der Waals surface area contributed by atoms with Crippen LogP contribution >= 0.6 is 24.4 Å². The number of aromatic nitrogens is 3. The Kier molecular flexibility index (Phi) is 7.63. The fraction of sp³-hybridized carbons (Fsp3) is 0.231. The summed E-state index contributed by atoms with van der Waals surface area (Å²) in [4.78, 5) is 14.6. The largest absolute Gasteiger partial charge is 0.504 e. The predicted molar refractivity (Wildman–Crippen MR) is 158 cm³/mol. The number of likely N-dealkylation sites (N-methyl/N-ethyl adjacent to an activating group) is 1. The molecule has 0 spiro atoms. The van der Waals surface area contributed by atoms with E-state index in [4.69, 9.17) is 39.9 Å². The van der Waals surface area contributed by atoms with E-state index in [1.165, 1.54) is 7.11 Å². The Morgan fingerprint density at radius 2 is 1.79 bits per heavy atom. The minimum absolute atomic E-state index is 0.0279. The normalized spacial score (nSPS) is 14.2. The molecule has 0 atom stereocenters. The van der Waals surface area contributed by atoms with Crippen molar-refractivity contribution in [3.63, 3.8) is 0 Å². The van der Waals surface area contributed by atoms with E-state index in [1.54, 1.807) is 18.2 Å². The summed E-state index contributed by atoms with van der Waals surface area (Å²) in [6.45, 7) is 3.64. The van der Waals surface area contributed by atoms with Gasteiger partial charge in [-0.15, -0.1) is 5.11 Å². The van der Waals surface area contributed by atoms with E-state index in [0.29, 0.717) is 28.3 Å². The van der Waals surface area contributed by atoms with Crippen molar-refractivity contribution in [3.8, 4) is 33.9 Å². The number of pyridine rings is 1. The third-order valence-electron chi connectivity index (χ3n) is 6.36. The maximum atomic E-state index is 10.2. The Bertz CT molecular complexity index is 1610. The molecule has 0 bridgehead atoms. The van der Waals surface area contributed by atoms with Gasteiger partial charge in [0.1, 0.15) is 11.5 Å². The van der Waals surface area contributed by atoms with Gasteiger partial charge in [-0.05, 0) is 72.9 Å². The standard InChI is InChI=1S/C26H27N9O2S2/c1-34-9-11-35(12-10-34)33-32-17-6-3-15(4-7-17)19-14-18(16-5-8-20(36)21(13-16)37-2)22-23(28-19)30-26(39)31-24(22)29-25(27)38/h3-8,13-14,36H,9-12H2,1-2H3,(H4,27,28,29,30,31,38,39). The fourth-order valence-corrected chi connectivity index (χ4v) is 4.57. The maximum Gasteiger partial charge on any atom is 0.200 e. The molecule has 4 aromatic rings. The van der Waals surface area contributed by atoms with Gasteiger partial charge < -0.3 is 30.8 Å². The number of nitrogens with zero attached hydrogens (tertiary/aromatic N) is 6. The van der Waals surface area contributed by atoms with Crippen LogP contribution in [-0.2, 0) is 0 Å². The number of hydrogen-bond donors (Lipinski definition) is 4. The van der Waals surface area contributed by atoms with Crippen LogP contribution in [0.2, 0.25) is 0 Å². The van der Waals surface area contributed by atoms with Crippen molar-refractivity contribution in [2.75, 3.05) is 45.7 Å². The SMILES string of the molecule is COc1cc(-c2cc(-c3ccc(N=NN4CCN(C)CC4)cc3)nc3[nH]c(=S)nc(NC(N)=S)c23)ccc1O. The highest BCUT2D eigenvalue weighted by atomic mass is 32.1. The van der Waals surface area contributed by atoms with Gasteiger partial charge in [0.25, 0.3) is 0 Å². The summed E-state index contributed by atoms with van der Waals surface area (Å²) in [6, 6.07) is 14.7. The van der Waals surface area contributed by atoms with Gasteiger partial charge in [-0.25, -0.2) is 9.97 Å². The van der Waals surface area contributed by atoms with Crippen LogP contribution in [0.25, 0.3) is 33.4 Å². The molecular weight excluding hydrogens is 534 g/mol. The first-order valence-corrected chi connectivity index (χ1v) is 13.0. The lowest BCUT2D eigenvalue weighted by molar-refractivity contribution is 0.150. The van der Waals surface area contributed by atoms with Gasteiger partial charge in [0.05, 0.1) is 37.0 Å². The Hall–Kier alpha value is -4.20. The average Bonchev–Trinajstić information content (AvgIpc) is 2.92. The number of fused-ring (bicyclic) bond motifs is 1. The number of H-pyrrole nitrogens is 1. The smallest absolute Gasteiger partial charge is 0.200 e. The monoisotopic (exact) mass is 561 g/mol. The van der Waals surface area contributed by atoms with Crippen LogP contribution in [0.15, 0.2) is 58.9 Å². The molecule has 3 heterocycles. The summed E-state index contributed by atoms with van der Waals surface area (Å²) in [7, 11) is 3.60. The molecule has 0 radical (unpaired) electrons. The van der Waals surface area contributed by atoms with Crippen LogP contribution in [0.4, 0.5) is 11.5 Å². The number of aromatic hydroxyl groups is 1. The van der Waals surface area contributed by atoms with E-state index in [-0.39, 0.29) is 15.6 Å². The molecule has 0 unspecified atom stereocenters. The summed E-state index contributed by atoms with van der Waals surface area (Å²) >= 11 is 10.4. The van der Waals surface area contributed by atoms with Crippen LogP contribution in [-0.4, -0.2) is 75.4 Å². The molecule has 200 valence electrons. The van der Waals surface area contributed by atoms with Gasteiger partial charge >= 0.3 is 0 Å². The molecule has 1 aliphatic heterocycles. The van der Waals surface area contributed by atoms with Crippen molar-refractivity contribution in [1.29, 1.82) is 0 Å². The molecular formula is C26H27N9O2S2. The van der Waals surface area contributed by atoms with Crippen molar-refractivity contribution in [3.05, 3.63) is 53.3 Å². The molecule has 2 aromatic heterocycles. The lowest BCUT2D eigenvalue weighted by Crippen LogP contribution is -2.41. The fourth-order valence-electron chi connectivity index (χ4n) is 4.29. The van der Waals surface area contributed by atoms with Crippen molar-refractivity contribution < 1.29 is 9.84 Å². The quantitative estimate of drug-likeness (QED) is 0.194. The first kappa shape index (κ1) is 26.4. The minimum Gasteiger partial charge on any atom is -0.504 e. The van der Waals surface area contributed by atoms with E-state index in [9.17, 15) is 5.11 Å². The summed E-state index contributed by atoms with van der Waals surface area (Å²) in [5, 5.41) is 24.5. The van der Waals surface area contributed by atoms with Crippen molar-refractivity contribution in [2.24, 2.45) is 16.1 Å². The molecule has 1 saturated heterocycles. The molecule has 5 rings (SSSR count). The van der Waals surface area contributed by atoms with E-state index >= 15 is 0 Å². The molecule has 2 aromatic carbocycles. The number of nitrogens with one attached hydrogen (secondary N) is 2. The van der Waals surface area contributed by atoms with Crippen molar-refractivity contribution in [2.45, 2.75) is 0 Å². The summed E-state index contributed by atoms with van der Waals surface area (Å²) in [5.41, 5.74) is 10.1. The van der Waals surface area contributed by atoms with Crippen LogP contribution < -0.4 is 15.8 Å². The summed E-state index contributed by atoms with van der Waals surface area (Å²) in [6.07, 6.45) is 0. The average molecular weight is 562 g/mol. The first-order chi connectivity index (χ1) is 18.8. The first-order valence-electron chi connectivity index (χ1n) is 12.1. The molecule has 39 heavy (non-hydrogen) atoms. The number of aromatic amines is 1. The van der Waals surface area contributed by atoms with E-state index in [0.717, 1.165) is 48.6 Å². The topological polar surface area (TPSA) is 140 Å². The lowest BCUT2D eigenvalue weighted by atomic mass is 9.99. The zero-order valence-electron chi connectivity index (χ0n) is 21.4. The second kappa shape index (κ2) is 11.3. The highest BCUT2D eigenvalue weighted by Crippen LogP contribution is 2.38. The van der Waals surface area contributed by atoms with Gasteiger partial charge in [-0.3, -0.25) is 5.01 Å². The van der Waals surface area contributed by atoms with Crippen LogP contribution in [0.5, 0.6) is 11.5 Å². The van der Waals surface area contributed by atoms with E-state index in [2.05, 4.69) is 37.6 Å². The number of methoxy groups -OCH3 is 1. The number of thiocarbonyl (C=S) groups is 1. The zero-order valence-corrected chi connectivity index (χ0v) is 23.0. The Balaban J connectivity index is 1.58. The second-order valence-electron chi connectivity index (χ2n) is 9.04. The number of nitrogens with two attached hydrogens (primary N) is 1. The molecule has 13 heteroatoms. The predicted octanol–water partition coefficient (Wildman–Crippen LogP) is 4.64. The van der Waals surface area contributed by atoms with Crippen LogP contribution in [0, 0.1) is 4.77 Å². The van der Waals surface area contributed by atoms with Gasteiger partial charge in [0, 0.05) is 18.7 Å². The molecule has 0 saturated carbocycles. The zero-order chi connectivity index (χ0) is 27.5. The molecule has 0 aliphatic carbocycles. The van der Waals surface area contributed by atoms with Crippen LogP contribution in [0.3, 0.4) is 0 Å². The number of rotatable bonds is 6. The van der Waals surface area contributed by atoms with Gasteiger partial charge in [0.2, 0.25) is 0 Å². The number of phenols is 1. The van der Waals surface area contributed by atoms with E-state index in [1.807, 2.05) is 35.3 Å². The highest BCUT2D eigenvalue weighted by Gasteiger charge is 2.17. The van der Waals surface area contributed by atoms with E-state index < -0.39 is 0 Å². The van der Waals surface area contributed by atoms with Crippen molar-refractivity contribution >= 4 is 52.1 Å². The molecule has 1 aliphatic rings. The molecule has 5 N–H and O–H groups in total. The van der Waals surface area contributed by atoms with Crippen molar-refractivity contribution in [1.82, 2.24) is 24.9 Å². The second-order valence-corrected chi connectivity index (χ2v) is 9.86. The van der Waals surface area contributed by atoms with Crippen LogP contribution in [0.1, 0.15) is 0 Å². The summed E-state index contributed by atoms with van der Waals surface area (Å²) in [5.74, 6) is 0.733. The molecule has 0 amide bonds. The summed E-state index contributed by atoms with van der Waals surface area (Å²) < 4.78 is 5.57. The Morgan fingerprint density at radius 1 is 1.08 bits per heavy atom. The van der Waals surface area contributed by atoms with Gasteiger partial charge in [-0.1, -0.05) is 23.4 Å². The highest BCUT2D eigenvalue weighted by molar-refractivity contribution is 7.80. The third kappa shape index (κ3) is 5.95. The maximum absolute atomic E-state index is 10.2. The number of piperazine rings is 1. The number of hydrogen-bond acceptors (Lipinski definition) is 9. The lowest BCUT2D eigenvalue weighted by Gasteiger charge is -2.29. The Labute approximate surface area is 235 Å². The minimum atomic E-state index is 0.0279. The molecule has 11 nitrogen and oxygen atoms in total.